The molecule has 2 aromatic carbocycles. The lowest BCUT2D eigenvalue weighted by Crippen LogP contribution is -2.31. The lowest BCUT2D eigenvalue weighted by atomic mass is 10.1. The molecule has 0 aliphatic rings. The summed E-state index contributed by atoms with van der Waals surface area (Å²) in [5.41, 5.74) is 1.55. The molecule has 0 spiro atoms. The molecule has 2 rings (SSSR count). The van der Waals surface area contributed by atoms with Crippen molar-refractivity contribution in [2.24, 2.45) is 0 Å². The molecule has 0 radical (unpaired) electrons. The number of para-hydroxylation sites is 1. The van der Waals surface area contributed by atoms with E-state index in [4.69, 9.17) is 4.74 Å². The molecule has 0 aliphatic carbocycles. The first-order valence-electron chi connectivity index (χ1n) is 8.99. The van der Waals surface area contributed by atoms with Gasteiger partial charge in [0.1, 0.15) is 5.75 Å². The van der Waals surface area contributed by atoms with Crippen molar-refractivity contribution in [3.05, 3.63) is 59.7 Å². The predicted octanol–water partition coefficient (Wildman–Crippen LogP) is 4.26. The Labute approximate surface area is 154 Å². The molecular weight excluding hydrogens is 328 g/mol. The number of ether oxygens (including phenoxy) is 1. The van der Waals surface area contributed by atoms with Crippen LogP contribution in [0.15, 0.2) is 48.5 Å². The number of hydrogen-bond acceptors (Lipinski definition) is 3. The molecule has 2 N–H and O–H groups in total. The van der Waals surface area contributed by atoms with Gasteiger partial charge in [0.15, 0.2) is 0 Å². The summed E-state index contributed by atoms with van der Waals surface area (Å²) in [6, 6.07) is 14.1. The first-order chi connectivity index (χ1) is 12.5. The molecule has 5 nitrogen and oxygen atoms in total. The predicted molar refractivity (Wildman–Crippen MR) is 104 cm³/mol. The van der Waals surface area contributed by atoms with Gasteiger partial charge in [-0.05, 0) is 50.1 Å². The van der Waals surface area contributed by atoms with Crippen LogP contribution in [0.3, 0.4) is 0 Å². The molecule has 5 heteroatoms. The SMILES string of the molecule is CCCOc1ccccc1C(=O)Nc1cccc(C(=O)NC(C)CC)c1. The van der Waals surface area contributed by atoms with Crippen LogP contribution in [0, 0.1) is 0 Å². The van der Waals surface area contributed by atoms with Crippen LogP contribution in [0.25, 0.3) is 0 Å². The average Bonchev–Trinajstić information content (AvgIpc) is 2.66. The van der Waals surface area contributed by atoms with E-state index in [-0.39, 0.29) is 17.9 Å². The van der Waals surface area contributed by atoms with Crippen LogP contribution in [-0.4, -0.2) is 24.5 Å². The number of amides is 2. The minimum atomic E-state index is -0.267. The Morgan fingerprint density at radius 1 is 1.04 bits per heavy atom. The maximum absolute atomic E-state index is 12.6. The Kier molecular flexibility index (Phi) is 7.21. The maximum atomic E-state index is 12.6. The number of carbonyl (C=O) groups is 2. The molecule has 0 bridgehead atoms. The van der Waals surface area contributed by atoms with Crippen molar-refractivity contribution in [1.29, 1.82) is 0 Å². The van der Waals surface area contributed by atoms with Gasteiger partial charge in [-0.2, -0.15) is 0 Å². The lowest BCUT2D eigenvalue weighted by molar-refractivity contribution is 0.0938. The zero-order chi connectivity index (χ0) is 18.9. The van der Waals surface area contributed by atoms with Crippen LogP contribution in [0.2, 0.25) is 0 Å². The van der Waals surface area contributed by atoms with Crippen LogP contribution in [0.4, 0.5) is 5.69 Å². The number of nitrogens with one attached hydrogen (secondary N) is 2. The third-order valence-electron chi connectivity index (χ3n) is 3.97. The van der Waals surface area contributed by atoms with Gasteiger partial charge in [-0.25, -0.2) is 0 Å². The van der Waals surface area contributed by atoms with Crippen LogP contribution < -0.4 is 15.4 Å². The second-order valence-corrected chi connectivity index (χ2v) is 6.16. The number of rotatable bonds is 8. The highest BCUT2D eigenvalue weighted by atomic mass is 16.5. The van der Waals surface area contributed by atoms with E-state index in [1.807, 2.05) is 26.8 Å². The third kappa shape index (κ3) is 5.34. The number of hydrogen-bond donors (Lipinski definition) is 2. The molecule has 0 aromatic heterocycles. The molecule has 0 fully saturated rings. The van der Waals surface area contributed by atoms with Gasteiger partial charge in [0, 0.05) is 17.3 Å². The van der Waals surface area contributed by atoms with E-state index in [1.165, 1.54) is 0 Å². The Hall–Kier alpha value is -2.82. The Morgan fingerprint density at radius 3 is 2.54 bits per heavy atom. The summed E-state index contributed by atoms with van der Waals surface area (Å²) in [7, 11) is 0. The Bertz CT molecular complexity index is 758. The fraction of sp³-hybridized carbons (Fsp3) is 0.333. The van der Waals surface area contributed by atoms with Crippen molar-refractivity contribution in [2.45, 2.75) is 39.7 Å². The topological polar surface area (TPSA) is 67.4 Å². The largest absolute Gasteiger partial charge is 0.493 e. The number of benzene rings is 2. The van der Waals surface area contributed by atoms with Crippen molar-refractivity contribution < 1.29 is 14.3 Å². The quantitative estimate of drug-likeness (QED) is 0.744. The first-order valence-corrected chi connectivity index (χ1v) is 8.99. The summed E-state index contributed by atoms with van der Waals surface area (Å²) in [4.78, 5) is 24.9. The van der Waals surface area contributed by atoms with Crippen LogP contribution in [0.5, 0.6) is 5.75 Å². The van der Waals surface area contributed by atoms with Crippen LogP contribution in [-0.2, 0) is 0 Å². The number of anilines is 1. The highest BCUT2D eigenvalue weighted by Crippen LogP contribution is 2.20. The van der Waals surface area contributed by atoms with Gasteiger partial charge in [0.05, 0.1) is 12.2 Å². The van der Waals surface area contributed by atoms with Gasteiger partial charge in [-0.1, -0.05) is 32.0 Å². The van der Waals surface area contributed by atoms with Gasteiger partial charge >= 0.3 is 0 Å². The molecule has 1 atom stereocenters. The van der Waals surface area contributed by atoms with E-state index in [9.17, 15) is 9.59 Å². The summed E-state index contributed by atoms with van der Waals surface area (Å²) in [6.45, 7) is 6.53. The van der Waals surface area contributed by atoms with Gasteiger partial charge < -0.3 is 15.4 Å². The van der Waals surface area contributed by atoms with Crippen LogP contribution in [0.1, 0.15) is 54.3 Å². The first kappa shape index (κ1) is 19.5. The summed E-state index contributed by atoms with van der Waals surface area (Å²) in [5, 5.41) is 5.76. The van der Waals surface area contributed by atoms with Crippen molar-refractivity contribution in [3.63, 3.8) is 0 Å². The van der Waals surface area contributed by atoms with Crippen molar-refractivity contribution in [2.75, 3.05) is 11.9 Å². The van der Waals surface area contributed by atoms with Crippen LogP contribution >= 0.6 is 0 Å². The molecule has 0 saturated heterocycles. The summed E-state index contributed by atoms with van der Waals surface area (Å²) in [5.74, 6) is 0.135. The zero-order valence-electron chi connectivity index (χ0n) is 15.5. The normalized spacial score (nSPS) is 11.5. The highest BCUT2D eigenvalue weighted by molar-refractivity contribution is 6.06. The molecule has 2 aromatic rings. The van der Waals surface area contributed by atoms with Crippen molar-refractivity contribution >= 4 is 17.5 Å². The lowest BCUT2D eigenvalue weighted by Gasteiger charge is -2.13. The maximum Gasteiger partial charge on any atom is 0.259 e. The third-order valence-corrected chi connectivity index (χ3v) is 3.97. The molecule has 0 aliphatic heterocycles. The fourth-order valence-electron chi connectivity index (χ4n) is 2.34. The molecule has 0 heterocycles. The molecule has 0 saturated carbocycles. The van der Waals surface area contributed by atoms with Crippen molar-refractivity contribution in [3.8, 4) is 5.75 Å². The minimum Gasteiger partial charge on any atom is -0.493 e. The van der Waals surface area contributed by atoms with Gasteiger partial charge in [-0.15, -0.1) is 0 Å². The standard InChI is InChI=1S/C21H26N2O3/c1-4-13-26-19-12-7-6-11-18(19)21(25)23-17-10-8-9-16(14-17)20(24)22-15(3)5-2/h6-12,14-15H,4-5,13H2,1-3H3,(H,22,24)(H,23,25). The number of carbonyl (C=O) groups excluding carboxylic acids is 2. The van der Waals surface area contributed by atoms with Gasteiger partial charge in [0.25, 0.3) is 11.8 Å². The van der Waals surface area contributed by atoms with E-state index in [0.29, 0.717) is 29.2 Å². The van der Waals surface area contributed by atoms with Gasteiger partial charge in [0.2, 0.25) is 0 Å². The zero-order valence-corrected chi connectivity index (χ0v) is 15.5. The van der Waals surface area contributed by atoms with Gasteiger partial charge in [-0.3, -0.25) is 9.59 Å². The Morgan fingerprint density at radius 2 is 1.81 bits per heavy atom. The monoisotopic (exact) mass is 354 g/mol. The van der Waals surface area contributed by atoms with E-state index in [2.05, 4.69) is 10.6 Å². The fourth-order valence-corrected chi connectivity index (χ4v) is 2.34. The van der Waals surface area contributed by atoms with E-state index in [1.54, 1.807) is 42.5 Å². The summed E-state index contributed by atoms with van der Waals surface area (Å²) in [6.07, 6.45) is 1.72. The molecule has 2 amide bonds. The summed E-state index contributed by atoms with van der Waals surface area (Å²) < 4.78 is 5.64. The molecule has 26 heavy (non-hydrogen) atoms. The molecule has 1 unspecified atom stereocenters. The van der Waals surface area contributed by atoms with E-state index < -0.39 is 0 Å². The highest BCUT2D eigenvalue weighted by Gasteiger charge is 2.14. The van der Waals surface area contributed by atoms with E-state index in [0.717, 1.165) is 12.8 Å². The smallest absolute Gasteiger partial charge is 0.259 e. The Balaban J connectivity index is 2.13. The second-order valence-electron chi connectivity index (χ2n) is 6.16. The van der Waals surface area contributed by atoms with E-state index >= 15 is 0 Å². The second kappa shape index (κ2) is 9.61. The summed E-state index contributed by atoms with van der Waals surface area (Å²) >= 11 is 0. The minimum absolute atomic E-state index is 0.100. The van der Waals surface area contributed by atoms with Crippen molar-refractivity contribution in [1.82, 2.24) is 5.32 Å². The molecular formula is C21H26N2O3. The molecule has 138 valence electrons. The average molecular weight is 354 g/mol.